The second kappa shape index (κ2) is 7.59. The lowest BCUT2D eigenvalue weighted by Gasteiger charge is -2.21. The van der Waals surface area contributed by atoms with Gasteiger partial charge in [0.05, 0.1) is 19.1 Å². The van der Waals surface area contributed by atoms with E-state index in [-0.39, 0.29) is 12.7 Å². The number of nitriles is 1. The molecule has 0 aliphatic carbocycles. The summed E-state index contributed by atoms with van der Waals surface area (Å²) in [4.78, 5) is 21.6. The first-order valence-corrected chi connectivity index (χ1v) is 8.31. The number of carbonyl (C=O) groups is 1. The number of fused-ring (bicyclic) bond motifs is 1. The van der Waals surface area contributed by atoms with Crippen molar-refractivity contribution in [2.75, 3.05) is 27.8 Å². The summed E-state index contributed by atoms with van der Waals surface area (Å²) >= 11 is 0. The molecule has 27 heavy (non-hydrogen) atoms. The minimum atomic E-state index is -1.21. The van der Waals surface area contributed by atoms with Crippen molar-refractivity contribution in [3.05, 3.63) is 24.2 Å². The third kappa shape index (κ3) is 3.83. The second-order valence-corrected chi connectivity index (χ2v) is 6.34. The summed E-state index contributed by atoms with van der Waals surface area (Å²) in [6.45, 7) is -0.191. The SMILES string of the molecule is COC(=O)OCC1(C#N)CCC(c2ccc3c(/N=C\N(C)C)ncnn23)O1. The van der Waals surface area contributed by atoms with E-state index < -0.39 is 11.8 Å². The molecule has 3 heterocycles. The maximum atomic E-state index is 11.2. The Kier molecular flexibility index (Phi) is 5.23. The number of hydrogen-bond donors (Lipinski definition) is 0. The van der Waals surface area contributed by atoms with Crippen LogP contribution in [0.2, 0.25) is 0 Å². The Labute approximate surface area is 156 Å². The van der Waals surface area contributed by atoms with Crippen molar-refractivity contribution in [2.24, 2.45) is 4.99 Å². The van der Waals surface area contributed by atoms with Gasteiger partial charge in [-0.1, -0.05) is 0 Å². The Morgan fingerprint density at radius 1 is 1.59 bits per heavy atom. The number of rotatable bonds is 5. The topological polar surface area (TPSA) is 114 Å². The molecule has 10 heteroatoms. The summed E-state index contributed by atoms with van der Waals surface area (Å²) in [5.74, 6) is 0.531. The quantitative estimate of drug-likeness (QED) is 0.444. The molecule has 1 fully saturated rings. The van der Waals surface area contributed by atoms with Gasteiger partial charge in [0.25, 0.3) is 0 Å². The molecule has 2 unspecified atom stereocenters. The summed E-state index contributed by atoms with van der Waals surface area (Å²) in [6.07, 6.45) is 2.88. The van der Waals surface area contributed by atoms with Crippen LogP contribution in [0.15, 0.2) is 23.5 Å². The molecule has 0 aromatic carbocycles. The Morgan fingerprint density at radius 2 is 2.41 bits per heavy atom. The molecule has 0 amide bonds. The molecule has 3 rings (SSSR count). The highest BCUT2D eigenvalue weighted by Gasteiger charge is 2.43. The molecule has 1 saturated heterocycles. The van der Waals surface area contributed by atoms with Crippen LogP contribution in [0.5, 0.6) is 0 Å². The number of aliphatic imine (C=N–C) groups is 1. The average Bonchev–Trinajstić information content (AvgIpc) is 3.29. The van der Waals surface area contributed by atoms with Gasteiger partial charge >= 0.3 is 6.16 Å². The highest BCUT2D eigenvalue weighted by molar-refractivity contribution is 5.70. The largest absolute Gasteiger partial charge is 0.508 e. The zero-order valence-electron chi connectivity index (χ0n) is 15.3. The van der Waals surface area contributed by atoms with Crippen LogP contribution in [-0.2, 0) is 14.2 Å². The van der Waals surface area contributed by atoms with Crippen LogP contribution in [0.1, 0.15) is 24.6 Å². The summed E-state index contributed by atoms with van der Waals surface area (Å²) in [6, 6.07) is 5.85. The molecule has 2 aromatic rings. The zero-order chi connectivity index (χ0) is 19.4. The molecular weight excluding hydrogens is 352 g/mol. The lowest BCUT2D eigenvalue weighted by molar-refractivity contribution is -0.0524. The van der Waals surface area contributed by atoms with Gasteiger partial charge in [0.15, 0.2) is 11.4 Å². The molecule has 0 bridgehead atoms. The standard InChI is InChI=1S/C17H20N6O4/c1-22(2)11-20-15-13-5-4-12(23(13)21-10-19-15)14-6-7-17(8-18,27-14)9-26-16(24)25-3/h4-5,10-11,14H,6-7,9H2,1-3H3/b20-11-. The van der Waals surface area contributed by atoms with Crippen LogP contribution in [0.4, 0.5) is 10.6 Å². The van der Waals surface area contributed by atoms with Crippen LogP contribution in [0, 0.1) is 11.3 Å². The zero-order valence-corrected chi connectivity index (χ0v) is 15.3. The minimum Gasteiger partial charge on any atom is -0.438 e. The molecule has 2 atom stereocenters. The summed E-state index contributed by atoms with van der Waals surface area (Å²) in [5, 5.41) is 13.8. The fourth-order valence-electron chi connectivity index (χ4n) is 2.87. The Bertz CT molecular complexity index is 902. The van der Waals surface area contributed by atoms with Crippen molar-refractivity contribution >= 4 is 23.8 Å². The second-order valence-electron chi connectivity index (χ2n) is 6.34. The number of hydrogen-bond acceptors (Lipinski definition) is 8. The van der Waals surface area contributed by atoms with Crippen LogP contribution in [0.25, 0.3) is 5.52 Å². The first kappa shape index (κ1) is 18.6. The van der Waals surface area contributed by atoms with E-state index in [1.807, 2.05) is 31.1 Å². The number of ether oxygens (including phenoxy) is 3. The van der Waals surface area contributed by atoms with Crippen LogP contribution >= 0.6 is 0 Å². The van der Waals surface area contributed by atoms with Gasteiger partial charge in [-0.25, -0.2) is 19.3 Å². The lowest BCUT2D eigenvalue weighted by atomic mass is 10.0. The van der Waals surface area contributed by atoms with Crippen LogP contribution in [-0.4, -0.2) is 65.4 Å². The monoisotopic (exact) mass is 372 g/mol. The first-order valence-electron chi connectivity index (χ1n) is 8.31. The maximum absolute atomic E-state index is 11.2. The Morgan fingerprint density at radius 3 is 3.11 bits per heavy atom. The van der Waals surface area contributed by atoms with Crippen LogP contribution < -0.4 is 0 Å². The molecule has 0 spiro atoms. The van der Waals surface area contributed by atoms with Gasteiger partial charge in [0.2, 0.25) is 0 Å². The Balaban J connectivity index is 1.83. The van der Waals surface area contributed by atoms with E-state index in [0.717, 1.165) is 11.2 Å². The third-order valence-corrected chi connectivity index (χ3v) is 4.17. The van der Waals surface area contributed by atoms with E-state index in [1.54, 1.807) is 10.9 Å². The van der Waals surface area contributed by atoms with E-state index in [2.05, 4.69) is 25.9 Å². The lowest BCUT2D eigenvalue weighted by Crippen LogP contribution is -2.33. The van der Waals surface area contributed by atoms with Gasteiger partial charge in [-0.2, -0.15) is 10.4 Å². The van der Waals surface area contributed by atoms with Crippen molar-refractivity contribution in [1.29, 1.82) is 5.26 Å². The normalized spacial score (nSPS) is 22.1. The van der Waals surface area contributed by atoms with Crippen molar-refractivity contribution in [1.82, 2.24) is 19.5 Å². The maximum Gasteiger partial charge on any atom is 0.508 e. The fourth-order valence-corrected chi connectivity index (χ4v) is 2.87. The van der Waals surface area contributed by atoms with Gasteiger partial charge < -0.3 is 19.1 Å². The number of methoxy groups -OCH3 is 1. The predicted octanol–water partition coefficient (Wildman–Crippen LogP) is 1.85. The summed E-state index contributed by atoms with van der Waals surface area (Å²) in [7, 11) is 4.95. The van der Waals surface area contributed by atoms with Crippen molar-refractivity contribution in [3.8, 4) is 6.07 Å². The van der Waals surface area contributed by atoms with Gasteiger partial charge in [-0.05, 0) is 25.0 Å². The van der Waals surface area contributed by atoms with Gasteiger partial charge in [0.1, 0.15) is 30.6 Å². The van der Waals surface area contributed by atoms with E-state index in [0.29, 0.717) is 18.7 Å². The molecule has 0 N–H and O–H groups in total. The smallest absolute Gasteiger partial charge is 0.438 e. The number of nitrogens with zero attached hydrogens (tertiary/aromatic N) is 6. The molecular formula is C17H20N6O4. The minimum absolute atomic E-state index is 0.191. The third-order valence-electron chi connectivity index (χ3n) is 4.17. The van der Waals surface area contributed by atoms with Crippen molar-refractivity contribution in [2.45, 2.75) is 24.5 Å². The molecule has 0 saturated carbocycles. The number of aromatic nitrogens is 3. The van der Waals surface area contributed by atoms with E-state index in [4.69, 9.17) is 9.47 Å². The predicted molar refractivity (Wildman–Crippen MR) is 94.6 cm³/mol. The van der Waals surface area contributed by atoms with E-state index in [1.165, 1.54) is 13.4 Å². The first-order chi connectivity index (χ1) is 13.0. The molecule has 1 aliphatic rings. The summed E-state index contributed by atoms with van der Waals surface area (Å²) in [5.41, 5.74) is 0.306. The fraction of sp³-hybridized carbons (Fsp3) is 0.471. The molecule has 10 nitrogen and oxygen atoms in total. The summed E-state index contributed by atoms with van der Waals surface area (Å²) < 4.78 is 17.0. The van der Waals surface area contributed by atoms with E-state index in [9.17, 15) is 10.1 Å². The number of carbonyl (C=O) groups excluding carboxylic acids is 1. The molecule has 2 aromatic heterocycles. The van der Waals surface area contributed by atoms with Gasteiger partial charge in [-0.3, -0.25) is 0 Å². The van der Waals surface area contributed by atoms with Gasteiger partial charge in [-0.15, -0.1) is 0 Å². The van der Waals surface area contributed by atoms with Gasteiger partial charge in [0, 0.05) is 14.1 Å². The molecule has 1 aliphatic heterocycles. The average molecular weight is 372 g/mol. The molecule has 0 radical (unpaired) electrons. The Hall–Kier alpha value is -3.19. The van der Waals surface area contributed by atoms with E-state index >= 15 is 0 Å². The van der Waals surface area contributed by atoms with Crippen LogP contribution in [0.3, 0.4) is 0 Å². The van der Waals surface area contributed by atoms with Crippen molar-refractivity contribution in [3.63, 3.8) is 0 Å². The highest BCUT2D eigenvalue weighted by Crippen LogP contribution is 2.40. The van der Waals surface area contributed by atoms with Crippen molar-refractivity contribution < 1.29 is 19.0 Å². The highest BCUT2D eigenvalue weighted by atomic mass is 16.7. The molecule has 142 valence electrons.